The van der Waals surface area contributed by atoms with Gasteiger partial charge in [0.15, 0.2) is 23.0 Å². The van der Waals surface area contributed by atoms with Crippen LogP contribution in [0.5, 0.6) is 0 Å². The van der Waals surface area contributed by atoms with Crippen LogP contribution in [0.15, 0.2) is 45.3 Å². The second-order valence-corrected chi connectivity index (χ2v) is 11.2. The van der Waals surface area contributed by atoms with Gasteiger partial charge in [-0.15, -0.1) is 0 Å². The Labute approximate surface area is 259 Å². The number of carbonyl (C=O) groups excluding carboxylic acids is 6. The highest BCUT2D eigenvalue weighted by Crippen LogP contribution is 2.31. The molecule has 0 spiro atoms. The quantitative estimate of drug-likeness (QED) is 0.0935. The van der Waals surface area contributed by atoms with Gasteiger partial charge in [0.2, 0.25) is 23.1 Å². The monoisotopic (exact) mass is 614 g/mol. The van der Waals surface area contributed by atoms with Crippen LogP contribution in [-0.4, -0.2) is 49.3 Å². The van der Waals surface area contributed by atoms with E-state index in [4.69, 9.17) is 18.9 Å². The minimum absolute atomic E-state index is 0.00988. The van der Waals surface area contributed by atoms with Crippen LogP contribution in [0.3, 0.4) is 0 Å². The molecule has 10 nitrogen and oxygen atoms in total. The molecule has 0 N–H and O–H groups in total. The fourth-order valence-corrected chi connectivity index (χ4v) is 5.46. The van der Waals surface area contributed by atoms with Gasteiger partial charge in [-0.25, -0.2) is 0 Å². The summed E-state index contributed by atoms with van der Waals surface area (Å²) < 4.78 is 20.5. The lowest BCUT2D eigenvalue weighted by atomic mass is 9.90. The zero-order valence-corrected chi connectivity index (χ0v) is 27.0. The molecule has 2 aliphatic carbocycles. The number of methoxy groups -OCH3 is 2. The Hall–Kier alpha value is -3.82. The smallest absolute Gasteiger partial charge is 0.308 e. The van der Waals surface area contributed by atoms with E-state index in [-0.39, 0.29) is 45.3 Å². The first-order valence-corrected chi connectivity index (χ1v) is 15.5. The number of esters is 2. The molecule has 242 valence electrons. The average molecular weight is 615 g/mol. The maximum Gasteiger partial charge on any atom is 0.308 e. The molecule has 0 saturated heterocycles. The second-order valence-electron chi connectivity index (χ2n) is 11.2. The summed E-state index contributed by atoms with van der Waals surface area (Å²) in [5.41, 5.74) is 0.708. The number of allylic oxidation sites excluding steroid dienone is 4. The van der Waals surface area contributed by atoms with E-state index in [2.05, 4.69) is 0 Å². The minimum atomic E-state index is -0.637. The van der Waals surface area contributed by atoms with Crippen molar-refractivity contribution in [2.24, 2.45) is 0 Å². The lowest BCUT2D eigenvalue weighted by molar-refractivity contribution is -0.140. The maximum atomic E-state index is 12.8. The van der Waals surface area contributed by atoms with Gasteiger partial charge >= 0.3 is 11.9 Å². The minimum Gasteiger partial charge on any atom is -0.492 e. The molecule has 0 unspecified atom stereocenters. The molecule has 10 heteroatoms. The Morgan fingerprint density at radius 1 is 0.455 bits per heavy atom. The van der Waals surface area contributed by atoms with E-state index in [9.17, 15) is 28.8 Å². The zero-order chi connectivity index (χ0) is 32.8. The average Bonchev–Trinajstić information content (AvgIpc) is 2.97. The molecular formula is C34H46O10. The van der Waals surface area contributed by atoms with E-state index in [0.29, 0.717) is 25.7 Å². The Morgan fingerprint density at radius 3 is 0.977 bits per heavy atom. The molecule has 0 aliphatic heterocycles. The van der Waals surface area contributed by atoms with Crippen LogP contribution in [0.25, 0.3) is 0 Å². The number of carbonyl (C=O) groups is 6. The van der Waals surface area contributed by atoms with Crippen molar-refractivity contribution in [3.8, 4) is 0 Å². The maximum absolute atomic E-state index is 12.8. The Kier molecular flexibility index (Phi) is 15.0. The molecule has 0 heterocycles. The van der Waals surface area contributed by atoms with Crippen LogP contribution in [-0.2, 0) is 47.7 Å². The van der Waals surface area contributed by atoms with Crippen molar-refractivity contribution in [3.63, 3.8) is 0 Å². The molecular weight excluding hydrogens is 568 g/mol. The molecule has 0 atom stereocenters. The number of hydrogen-bond acceptors (Lipinski definition) is 10. The van der Waals surface area contributed by atoms with E-state index in [1.807, 2.05) is 0 Å². The third-order valence-corrected chi connectivity index (χ3v) is 7.79. The highest BCUT2D eigenvalue weighted by atomic mass is 16.5. The van der Waals surface area contributed by atoms with Crippen molar-refractivity contribution in [2.45, 2.75) is 118 Å². The molecule has 0 bridgehead atoms. The van der Waals surface area contributed by atoms with Gasteiger partial charge in [0, 0.05) is 25.0 Å². The molecule has 0 amide bonds. The fourth-order valence-electron chi connectivity index (χ4n) is 5.46. The standard InChI is InChI=1S/C34H46O10/c1-21-27(37)33(43-23(3)35)25(29(39)31(21)41-5)19-17-15-13-11-9-7-8-10-12-14-16-18-20-26-30(40)32(42-6)22(2)28(38)34(26)44-24(4)36/h7-20H2,1-6H3. The molecule has 44 heavy (non-hydrogen) atoms. The van der Waals surface area contributed by atoms with E-state index in [0.717, 1.165) is 64.2 Å². The van der Waals surface area contributed by atoms with Crippen molar-refractivity contribution < 1.29 is 47.7 Å². The lowest BCUT2D eigenvalue weighted by Gasteiger charge is -2.20. The van der Waals surface area contributed by atoms with Gasteiger partial charge in [0.05, 0.1) is 25.4 Å². The van der Waals surface area contributed by atoms with Gasteiger partial charge in [-0.3, -0.25) is 28.8 Å². The number of ketones is 4. The summed E-state index contributed by atoms with van der Waals surface area (Å²) in [5.74, 6) is -3.35. The van der Waals surface area contributed by atoms with Gasteiger partial charge in [-0.2, -0.15) is 0 Å². The zero-order valence-electron chi connectivity index (χ0n) is 27.0. The Morgan fingerprint density at radius 2 is 0.727 bits per heavy atom. The first-order chi connectivity index (χ1) is 21.0. The first kappa shape index (κ1) is 36.4. The van der Waals surface area contributed by atoms with Crippen molar-refractivity contribution in [1.82, 2.24) is 0 Å². The Bertz CT molecular complexity index is 1180. The number of rotatable bonds is 19. The molecule has 2 rings (SSSR count). The van der Waals surface area contributed by atoms with Gasteiger partial charge < -0.3 is 18.9 Å². The van der Waals surface area contributed by atoms with Crippen LogP contribution in [0.1, 0.15) is 118 Å². The van der Waals surface area contributed by atoms with Crippen LogP contribution < -0.4 is 0 Å². The van der Waals surface area contributed by atoms with Gasteiger partial charge in [-0.05, 0) is 39.5 Å². The van der Waals surface area contributed by atoms with Crippen molar-refractivity contribution in [2.75, 3.05) is 14.2 Å². The molecule has 0 aromatic carbocycles. The molecule has 0 radical (unpaired) electrons. The summed E-state index contributed by atoms with van der Waals surface area (Å²) in [6, 6.07) is 0. The summed E-state index contributed by atoms with van der Waals surface area (Å²) >= 11 is 0. The van der Waals surface area contributed by atoms with Crippen LogP contribution >= 0.6 is 0 Å². The predicted octanol–water partition coefficient (Wildman–Crippen LogP) is 6.23. The van der Waals surface area contributed by atoms with Crippen molar-refractivity contribution in [1.29, 1.82) is 0 Å². The van der Waals surface area contributed by atoms with Gasteiger partial charge in [0.25, 0.3) is 0 Å². The normalized spacial score (nSPS) is 15.9. The van der Waals surface area contributed by atoms with Crippen LogP contribution in [0.2, 0.25) is 0 Å². The molecule has 0 aromatic heterocycles. The summed E-state index contributed by atoms with van der Waals surface area (Å²) in [4.78, 5) is 73.8. The van der Waals surface area contributed by atoms with E-state index < -0.39 is 35.1 Å². The lowest BCUT2D eigenvalue weighted by Crippen LogP contribution is -2.26. The number of ether oxygens (including phenoxy) is 4. The predicted molar refractivity (Wildman–Crippen MR) is 162 cm³/mol. The number of unbranched alkanes of at least 4 members (excludes halogenated alkanes) is 11. The largest absolute Gasteiger partial charge is 0.492 e. The SMILES string of the molecule is COC1=C(C)C(=O)C(OC(C)=O)=C(CCCCCCCCCCCCCCC2=C(OC(C)=O)C(=O)C(C)=C(OC)C2=O)C1=O. The Balaban J connectivity index is 1.63. The highest BCUT2D eigenvalue weighted by molar-refractivity contribution is 6.24. The van der Waals surface area contributed by atoms with E-state index >= 15 is 0 Å². The van der Waals surface area contributed by atoms with Gasteiger partial charge in [-0.1, -0.05) is 64.2 Å². The summed E-state index contributed by atoms with van der Waals surface area (Å²) in [6.07, 6.45) is 12.6. The second kappa shape index (κ2) is 18.1. The fraction of sp³-hybridized carbons (Fsp3) is 0.588. The molecule has 0 saturated carbocycles. The topological polar surface area (TPSA) is 139 Å². The first-order valence-electron chi connectivity index (χ1n) is 15.5. The van der Waals surface area contributed by atoms with Crippen molar-refractivity contribution >= 4 is 35.1 Å². The number of Topliss-reactive ketones (excluding diaryl/α,β-unsaturated/α-hetero) is 4. The molecule has 0 aromatic rings. The van der Waals surface area contributed by atoms with Gasteiger partial charge in [0.1, 0.15) is 0 Å². The van der Waals surface area contributed by atoms with E-state index in [1.165, 1.54) is 41.9 Å². The third kappa shape index (κ3) is 9.86. The third-order valence-electron chi connectivity index (χ3n) is 7.79. The number of hydrogen-bond donors (Lipinski definition) is 0. The molecule has 0 fully saturated rings. The van der Waals surface area contributed by atoms with E-state index in [1.54, 1.807) is 0 Å². The van der Waals surface area contributed by atoms with Crippen molar-refractivity contribution in [3.05, 3.63) is 45.3 Å². The highest BCUT2D eigenvalue weighted by Gasteiger charge is 2.36. The van der Waals surface area contributed by atoms with Crippen LogP contribution in [0, 0.1) is 0 Å². The molecule has 2 aliphatic rings. The summed E-state index contributed by atoms with van der Waals surface area (Å²) in [6.45, 7) is 5.39. The van der Waals surface area contributed by atoms with Crippen LogP contribution in [0.4, 0.5) is 0 Å². The summed E-state index contributed by atoms with van der Waals surface area (Å²) in [5, 5.41) is 0. The summed E-state index contributed by atoms with van der Waals surface area (Å²) in [7, 11) is 2.70.